The Kier molecular flexibility index (Phi) is 5.17. The molecule has 2 N–H and O–H groups in total. The second-order valence-electron chi connectivity index (χ2n) is 4.45. The van der Waals surface area contributed by atoms with Crippen LogP contribution in [0.25, 0.3) is 0 Å². The van der Waals surface area contributed by atoms with Crippen molar-refractivity contribution in [3.63, 3.8) is 0 Å². The second kappa shape index (κ2) is 6.23. The molecule has 0 aliphatic rings. The quantitative estimate of drug-likeness (QED) is 0.800. The van der Waals surface area contributed by atoms with E-state index in [0.29, 0.717) is 5.56 Å². The molecule has 0 aliphatic heterocycles. The smallest absolute Gasteiger partial charge is 0.428 e. The van der Waals surface area contributed by atoms with Crippen molar-refractivity contribution in [1.82, 2.24) is 0 Å². The fourth-order valence-corrected chi connectivity index (χ4v) is 1.57. The van der Waals surface area contributed by atoms with E-state index in [1.54, 1.807) is 6.07 Å². The van der Waals surface area contributed by atoms with E-state index in [0.717, 1.165) is 6.42 Å². The summed E-state index contributed by atoms with van der Waals surface area (Å²) in [5, 5.41) is 0. The Hall–Kier alpha value is -1.30. The van der Waals surface area contributed by atoms with Crippen molar-refractivity contribution in [1.29, 1.82) is 0 Å². The van der Waals surface area contributed by atoms with E-state index >= 15 is 0 Å². The summed E-state index contributed by atoms with van der Waals surface area (Å²) in [4.78, 5) is 0. The van der Waals surface area contributed by atoms with Gasteiger partial charge in [0.15, 0.2) is 0 Å². The average Bonchev–Trinajstić information content (AvgIpc) is 2.36. The van der Waals surface area contributed by atoms with Crippen LogP contribution in [0.1, 0.15) is 31.9 Å². The topological polar surface area (TPSA) is 35.2 Å². The lowest BCUT2D eigenvalue weighted by Crippen LogP contribution is -2.33. The maximum absolute atomic E-state index is 12.8. The van der Waals surface area contributed by atoms with E-state index in [2.05, 4.69) is 4.74 Å². The summed E-state index contributed by atoms with van der Waals surface area (Å²) in [5.74, 6) is -0.174. The Labute approximate surface area is 109 Å². The molecular weight excluding hydrogens is 262 g/mol. The van der Waals surface area contributed by atoms with Crippen LogP contribution in [-0.4, -0.2) is 12.5 Å². The zero-order valence-corrected chi connectivity index (χ0v) is 10.7. The van der Waals surface area contributed by atoms with Crippen molar-refractivity contribution in [2.75, 3.05) is 0 Å². The molecule has 0 fully saturated rings. The fraction of sp³-hybridized carbons (Fsp3) is 0.538. The Bertz CT molecular complexity index is 411. The first-order valence-corrected chi connectivity index (χ1v) is 5.98. The maximum Gasteiger partial charge on any atom is 0.461 e. The summed E-state index contributed by atoms with van der Waals surface area (Å²) in [7, 11) is 0. The Morgan fingerprint density at radius 3 is 2.47 bits per heavy atom. The van der Waals surface area contributed by atoms with Gasteiger partial charge in [-0.2, -0.15) is 17.6 Å². The molecule has 0 aliphatic carbocycles. The van der Waals surface area contributed by atoms with Crippen molar-refractivity contribution >= 4 is 0 Å². The van der Waals surface area contributed by atoms with Crippen LogP contribution in [0.15, 0.2) is 24.3 Å². The molecule has 19 heavy (non-hydrogen) atoms. The first-order chi connectivity index (χ1) is 8.77. The van der Waals surface area contributed by atoms with Crippen LogP contribution in [-0.2, 0) is 0 Å². The summed E-state index contributed by atoms with van der Waals surface area (Å²) in [6.07, 6.45) is -7.56. The first-order valence-electron chi connectivity index (χ1n) is 5.98. The molecule has 0 bridgehead atoms. The number of nitrogens with two attached hydrogens (primary N) is 1. The van der Waals surface area contributed by atoms with E-state index in [1.807, 2.05) is 13.8 Å². The van der Waals surface area contributed by atoms with Gasteiger partial charge in [0.1, 0.15) is 5.75 Å². The molecule has 1 aromatic carbocycles. The van der Waals surface area contributed by atoms with E-state index in [4.69, 9.17) is 5.73 Å². The molecule has 108 valence electrons. The number of hydrogen-bond donors (Lipinski definition) is 1. The van der Waals surface area contributed by atoms with Gasteiger partial charge >= 0.3 is 12.5 Å². The van der Waals surface area contributed by atoms with Crippen LogP contribution < -0.4 is 10.5 Å². The van der Waals surface area contributed by atoms with Gasteiger partial charge in [-0.15, -0.1) is 0 Å². The number of alkyl halides is 4. The summed E-state index contributed by atoms with van der Waals surface area (Å²) in [6.45, 7) is 3.88. The molecule has 2 nitrogen and oxygen atoms in total. The molecule has 0 heterocycles. The molecule has 0 spiro atoms. The number of halogens is 4. The van der Waals surface area contributed by atoms with Gasteiger partial charge < -0.3 is 10.5 Å². The third-order valence-electron chi connectivity index (χ3n) is 3.01. The molecule has 0 amide bonds. The minimum Gasteiger partial charge on any atom is -0.428 e. The summed E-state index contributed by atoms with van der Waals surface area (Å²) in [5.41, 5.74) is 6.53. The van der Waals surface area contributed by atoms with Gasteiger partial charge in [-0.25, -0.2) is 0 Å². The lowest BCUT2D eigenvalue weighted by atomic mass is 9.93. The van der Waals surface area contributed by atoms with Crippen molar-refractivity contribution in [2.45, 2.75) is 38.8 Å². The largest absolute Gasteiger partial charge is 0.461 e. The monoisotopic (exact) mass is 279 g/mol. The van der Waals surface area contributed by atoms with Gasteiger partial charge in [0.2, 0.25) is 0 Å². The van der Waals surface area contributed by atoms with E-state index < -0.39 is 12.5 Å². The minimum absolute atomic E-state index is 0.144. The van der Waals surface area contributed by atoms with Gasteiger partial charge in [0.25, 0.3) is 0 Å². The average molecular weight is 279 g/mol. The normalized spacial score (nSPS) is 15.4. The van der Waals surface area contributed by atoms with Crippen molar-refractivity contribution in [3.05, 3.63) is 29.8 Å². The van der Waals surface area contributed by atoms with E-state index in [9.17, 15) is 17.6 Å². The SMILES string of the molecule is CCC(C)[C@@H](N)c1cccc(OC(F)(F)C(F)F)c1. The zero-order valence-electron chi connectivity index (χ0n) is 10.7. The van der Waals surface area contributed by atoms with Crippen LogP contribution in [0.3, 0.4) is 0 Å². The van der Waals surface area contributed by atoms with Gasteiger partial charge in [-0.3, -0.25) is 0 Å². The Morgan fingerprint density at radius 1 is 1.32 bits per heavy atom. The highest BCUT2D eigenvalue weighted by Crippen LogP contribution is 2.30. The van der Waals surface area contributed by atoms with Crippen LogP contribution >= 0.6 is 0 Å². The lowest BCUT2D eigenvalue weighted by molar-refractivity contribution is -0.253. The summed E-state index contributed by atoms with van der Waals surface area (Å²) >= 11 is 0. The van der Waals surface area contributed by atoms with Gasteiger partial charge in [0.05, 0.1) is 0 Å². The third-order valence-corrected chi connectivity index (χ3v) is 3.01. The molecule has 1 rings (SSSR count). The van der Waals surface area contributed by atoms with Crippen LogP contribution in [0.4, 0.5) is 17.6 Å². The predicted molar refractivity (Wildman–Crippen MR) is 64.4 cm³/mol. The van der Waals surface area contributed by atoms with Crippen LogP contribution in [0.2, 0.25) is 0 Å². The van der Waals surface area contributed by atoms with Gasteiger partial charge in [-0.05, 0) is 23.6 Å². The first kappa shape index (κ1) is 15.8. The number of ether oxygens (including phenoxy) is 1. The predicted octanol–water partition coefficient (Wildman–Crippen LogP) is 3.97. The molecule has 6 heteroatoms. The highest BCUT2D eigenvalue weighted by atomic mass is 19.3. The highest BCUT2D eigenvalue weighted by Gasteiger charge is 2.44. The molecule has 2 atom stereocenters. The Balaban J connectivity index is 2.89. The standard InChI is InChI=1S/C13H17F4NO/c1-3-8(2)11(18)9-5-4-6-10(7-9)19-13(16,17)12(14)15/h4-8,11-12H,3,18H2,1-2H3/t8?,11-/m1/s1. The van der Waals surface area contributed by atoms with Crippen molar-refractivity contribution in [3.8, 4) is 5.75 Å². The van der Waals surface area contributed by atoms with Gasteiger partial charge in [-0.1, -0.05) is 32.4 Å². The molecule has 0 saturated heterocycles. The third kappa shape index (κ3) is 4.09. The second-order valence-corrected chi connectivity index (χ2v) is 4.45. The van der Waals surface area contributed by atoms with E-state index in [1.165, 1.54) is 18.2 Å². The summed E-state index contributed by atoms with van der Waals surface area (Å²) < 4.78 is 53.7. The fourth-order valence-electron chi connectivity index (χ4n) is 1.57. The molecule has 0 saturated carbocycles. The maximum atomic E-state index is 12.8. The Morgan fingerprint density at radius 2 is 1.95 bits per heavy atom. The van der Waals surface area contributed by atoms with E-state index in [-0.39, 0.29) is 17.7 Å². The highest BCUT2D eigenvalue weighted by molar-refractivity contribution is 5.31. The van der Waals surface area contributed by atoms with Gasteiger partial charge in [0, 0.05) is 6.04 Å². The number of hydrogen-bond acceptors (Lipinski definition) is 2. The van der Waals surface area contributed by atoms with Crippen LogP contribution in [0, 0.1) is 5.92 Å². The number of benzene rings is 1. The number of rotatable bonds is 6. The van der Waals surface area contributed by atoms with Crippen LogP contribution in [0.5, 0.6) is 5.75 Å². The molecule has 0 aromatic heterocycles. The molecular formula is C13H17F4NO. The lowest BCUT2D eigenvalue weighted by Gasteiger charge is -2.21. The molecule has 0 radical (unpaired) electrons. The molecule has 1 aromatic rings. The zero-order chi connectivity index (χ0) is 14.6. The molecule has 1 unspecified atom stereocenters. The summed E-state index contributed by atoms with van der Waals surface area (Å²) in [6, 6.07) is 5.23. The van der Waals surface area contributed by atoms with Crippen molar-refractivity contribution in [2.24, 2.45) is 11.7 Å². The van der Waals surface area contributed by atoms with Crippen molar-refractivity contribution < 1.29 is 22.3 Å². The minimum atomic E-state index is -4.50.